The number of aryl methyl sites for hydroxylation is 1. The number of nitrogens with one attached hydrogen (secondary N) is 2. The highest BCUT2D eigenvalue weighted by Crippen LogP contribution is 2.29. The predicted molar refractivity (Wildman–Crippen MR) is 132 cm³/mol. The third-order valence-electron chi connectivity index (χ3n) is 5.08. The molecule has 0 aliphatic carbocycles. The van der Waals surface area contributed by atoms with Gasteiger partial charge in [0, 0.05) is 12.1 Å². The van der Waals surface area contributed by atoms with Crippen LogP contribution in [0.25, 0.3) is 0 Å². The van der Waals surface area contributed by atoms with Crippen molar-refractivity contribution in [1.82, 2.24) is 20.1 Å². The summed E-state index contributed by atoms with van der Waals surface area (Å²) in [5.74, 6) is 0.182. The second-order valence-electron chi connectivity index (χ2n) is 7.63. The van der Waals surface area contributed by atoms with Gasteiger partial charge >= 0.3 is 0 Å². The zero-order valence-electron chi connectivity index (χ0n) is 19.8. The molecule has 2 aromatic carbocycles. The Balaban J connectivity index is 1.66. The lowest BCUT2D eigenvalue weighted by Gasteiger charge is -2.15. The SMILES string of the molecule is CCn1c(SCC(=O)Nc2ccc(OC)cc2[N+](=O)[O-])nnc1[C@H](C)NC(=O)c1cccc(C)c1. The second-order valence-corrected chi connectivity index (χ2v) is 8.57. The topological polar surface area (TPSA) is 141 Å². The molecular formula is C23H26N6O5S. The molecule has 12 heteroatoms. The van der Waals surface area contributed by atoms with Gasteiger partial charge in [-0.15, -0.1) is 10.2 Å². The minimum atomic E-state index is -0.586. The minimum absolute atomic E-state index is 0.0364. The van der Waals surface area contributed by atoms with E-state index in [0.717, 1.165) is 17.3 Å². The number of benzene rings is 2. The number of thioether (sulfide) groups is 1. The first kappa shape index (κ1) is 25.7. The molecule has 1 aromatic heterocycles. The quantitative estimate of drug-likeness (QED) is 0.245. The normalized spacial score (nSPS) is 11.5. The van der Waals surface area contributed by atoms with Crippen molar-refractivity contribution in [3.63, 3.8) is 0 Å². The summed E-state index contributed by atoms with van der Waals surface area (Å²) in [6.07, 6.45) is 0. The number of methoxy groups -OCH3 is 1. The highest BCUT2D eigenvalue weighted by atomic mass is 32.2. The van der Waals surface area contributed by atoms with Crippen molar-refractivity contribution in [2.24, 2.45) is 0 Å². The molecule has 184 valence electrons. The minimum Gasteiger partial charge on any atom is -0.496 e. The van der Waals surface area contributed by atoms with Gasteiger partial charge in [-0.3, -0.25) is 19.7 Å². The van der Waals surface area contributed by atoms with Crippen LogP contribution in [0.3, 0.4) is 0 Å². The monoisotopic (exact) mass is 498 g/mol. The van der Waals surface area contributed by atoms with E-state index in [1.165, 1.54) is 25.3 Å². The standard InChI is InChI=1S/C23H26N6O5S/c1-5-28-21(15(3)24-22(31)16-8-6-7-14(2)11-16)26-27-23(28)35-13-20(30)25-18-10-9-17(34-4)12-19(18)29(32)33/h6-12,15H,5,13H2,1-4H3,(H,24,31)(H,25,30)/t15-/m0/s1. The van der Waals surface area contributed by atoms with Gasteiger partial charge in [0.2, 0.25) is 5.91 Å². The first-order valence-corrected chi connectivity index (χ1v) is 11.8. The van der Waals surface area contributed by atoms with E-state index < -0.39 is 16.9 Å². The van der Waals surface area contributed by atoms with Crippen LogP contribution in [0.1, 0.15) is 41.6 Å². The Morgan fingerprint density at radius 3 is 2.66 bits per heavy atom. The Kier molecular flexibility index (Phi) is 8.42. The van der Waals surface area contributed by atoms with Gasteiger partial charge in [-0.1, -0.05) is 29.5 Å². The molecule has 1 atom stereocenters. The number of anilines is 1. The van der Waals surface area contributed by atoms with Gasteiger partial charge in [0.25, 0.3) is 11.6 Å². The summed E-state index contributed by atoms with van der Waals surface area (Å²) >= 11 is 1.15. The molecule has 2 amide bonds. The number of nitrogens with zero attached hydrogens (tertiary/aromatic N) is 4. The largest absolute Gasteiger partial charge is 0.496 e. The molecule has 0 fully saturated rings. The molecule has 0 radical (unpaired) electrons. The average Bonchev–Trinajstić information content (AvgIpc) is 3.26. The maximum absolute atomic E-state index is 12.6. The van der Waals surface area contributed by atoms with Crippen molar-refractivity contribution in [3.05, 3.63) is 69.5 Å². The molecule has 0 aliphatic rings. The Hall–Kier alpha value is -3.93. The predicted octanol–water partition coefficient (Wildman–Crippen LogP) is 3.75. The molecule has 0 bridgehead atoms. The number of carbonyl (C=O) groups excluding carboxylic acids is 2. The zero-order valence-corrected chi connectivity index (χ0v) is 20.6. The lowest BCUT2D eigenvalue weighted by atomic mass is 10.1. The van der Waals surface area contributed by atoms with Crippen LogP contribution in [-0.4, -0.2) is 44.4 Å². The van der Waals surface area contributed by atoms with Crippen molar-refractivity contribution in [2.45, 2.75) is 38.5 Å². The molecule has 2 N–H and O–H groups in total. The van der Waals surface area contributed by atoms with E-state index in [2.05, 4.69) is 20.8 Å². The lowest BCUT2D eigenvalue weighted by molar-refractivity contribution is -0.384. The number of ether oxygens (including phenoxy) is 1. The van der Waals surface area contributed by atoms with E-state index in [1.807, 2.05) is 37.5 Å². The number of aromatic nitrogens is 3. The molecule has 0 aliphatic heterocycles. The summed E-state index contributed by atoms with van der Waals surface area (Å²) in [7, 11) is 1.40. The third kappa shape index (κ3) is 6.35. The third-order valence-corrected chi connectivity index (χ3v) is 6.05. The van der Waals surface area contributed by atoms with Crippen LogP contribution in [0.2, 0.25) is 0 Å². The molecule has 0 spiro atoms. The van der Waals surface area contributed by atoms with Gasteiger partial charge in [0.15, 0.2) is 11.0 Å². The van der Waals surface area contributed by atoms with Crippen LogP contribution in [0.5, 0.6) is 5.75 Å². The molecule has 0 saturated carbocycles. The number of carbonyl (C=O) groups is 2. The lowest BCUT2D eigenvalue weighted by Crippen LogP contribution is -2.28. The number of nitro groups is 1. The van der Waals surface area contributed by atoms with Crippen LogP contribution < -0.4 is 15.4 Å². The maximum atomic E-state index is 12.6. The fourth-order valence-electron chi connectivity index (χ4n) is 3.37. The molecule has 3 aromatic rings. The molecule has 0 unspecified atom stereocenters. The van der Waals surface area contributed by atoms with Crippen LogP contribution in [0.15, 0.2) is 47.6 Å². The highest BCUT2D eigenvalue weighted by molar-refractivity contribution is 7.99. The summed E-state index contributed by atoms with van der Waals surface area (Å²) in [4.78, 5) is 35.8. The Bertz CT molecular complexity index is 1240. The molecule has 35 heavy (non-hydrogen) atoms. The van der Waals surface area contributed by atoms with E-state index >= 15 is 0 Å². The van der Waals surface area contributed by atoms with Crippen molar-refractivity contribution < 1.29 is 19.2 Å². The summed E-state index contributed by atoms with van der Waals surface area (Å²) in [6, 6.07) is 11.1. The van der Waals surface area contributed by atoms with Gasteiger partial charge in [-0.05, 0) is 45.0 Å². The number of amides is 2. The van der Waals surface area contributed by atoms with Gasteiger partial charge < -0.3 is 19.9 Å². The smallest absolute Gasteiger partial charge is 0.296 e. The Morgan fingerprint density at radius 2 is 2.00 bits per heavy atom. The molecule has 1 heterocycles. The van der Waals surface area contributed by atoms with Crippen LogP contribution in [0.4, 0.5) is 11.4 Å². The van der Waals surface area contributed by atoms with E-state index in [1.54, 1.807) is 12.1 Å². The fourth-order valence-corrected chi connectivity index (χ4v) is 4.18. The second kappa shape index (κ2) is 11.5. The van der Waals surface area contributed by atoms with Crippen LogP contribution in [-0.2, 0) is 11.3 Å². The Morgan fingerprint density at radius 1 is 1.23 bits per heavy atom. The number of hydrogen-bond acceptors (Lipinski definition) is 8. The van der Waals surface area contributed by atoms with Crippen molar-refractivity contribution in [3.8, 4) is 5.75 Å². The molecule has 3 rings (SSSR count). The fraction of sp³-hybridized carbons (Fsp3) is 0.304. The Labute approximate surface area is 206 Å². The molecule has 11 nitrogen and oxygen atoms in total. The van der Waals surface area contributed by atoms with E-state index in [4.69, 9.17) is 4.74 Å². The van der Waals surface area contributed by atoms with Gasteiger partial charge in [0.1, 0.15) is 11.4 Å². The maximum Gasteiger partial charge on any atom is 0.296 e. The molecule has 0 saturated heterocycles. The first-order valence-electron chi connectivity index (χ1n) is 10.8. The first-order chi connectivity index (χ1) is 16.7. The van der Waals surface area contributed by atoms with Crippen molar-refractivity contribution in [2.75, 3.05) is 18.2 Å². The highest BCUT2D eigenvalue weighted by Gasteiger charge is 2.21. The van der Waals surface area contributed by atoms with Gasteiger partial charge in [-0.2, -0.15) is 0 Å². The summed E-state index contributed by atoms with van der Waals surface area (Å²) in [5, 5.41) is 25.7. The van der Waals surface area contributed by atoms with Gasteiger partial charge in [0.05, 0.1) is 29.9 Å². The number of nitro benzene ring substituents is 1. The van der Waals surface area contributed by atoms with Gasteiger partial charge in [-0.25, -0.2) is 0 Å². The van der Waals surface area contributed by atoms with E-state index in [0.29, 0.717) is 28.8 Å². The summed E-state index contributed by atoms with van der Waals surface area (Å²) in [6.45, 7) is 6.17. The number of rotatable bonds is 10. The van der Waals surface area contributed by atoms with E-state index in [9.17, 15) is 19.7 Å². The average molecular weight is 499 g/mol. The van der Waals surface area contributed by atoms with E-state index in [-0.39, 0.29) is 23.0 Å². The van der Waals surface area contributed by atoms with Crippen molar-refractivity contribution in [1.29, 1.82) is 0 Å². The van der Waals surface area contributed by atoms with Crippen LogP contribution in [0, 0.1) is 17.0 Å². The summed E-state index contributed by atoms with van der Waals surface area (Å²) < 4.78 is 6.82. The summed E-state index contributed by atoms with van der Waals surface area (Å²) in [5.41, 5.74) is 1.35. The zero-order chi connectivity index (χ0) is 25.5. The van der Waals surface area contributed by atoms with Crippen molar-refractivity contribution >= 4 is 35.0 Å². The van der Waals surface area contributed by atoms with Crippen LogP contribution >= 0.6 is 11.8 Å². The molecular weight excluding hydrogens is 472 g/mol. The number of hydrogen-bond donors (Lipinski definition) is 2.